The average Bonchev–Trinajstić information content (AvgIpc) is 2.82. The largest absolute Gasteiger partial charge is 0.481 e. The van der Waals surface area contributed by atoms with Gasteiger partial charge in [-0.3, -0.25) is 9.59 Å². The molecule has 0 spiro atoms. The van der Waals surface area contributed by atoms with Gasteiger partial charge in [0.05, 0.1) is 18.4 Å². The van der Waals surface area contributed by atoms with E-state index in [0.717, 1.165) is 37.7 Å². The second kappa shape index (κ2) is 5.51. The van der Waals surface area contributed by atoms with E-state index in [9.17, 15) is 9.59 Å². The van der Waals surface area contributed by atoms with E-state index in [1.54, 1.807) is 0 Å². The van der Waals surface area contributed by atoms with Crippen molar-refractivity contribution < 1.29 is 14.7 Å². The molecule has 0 atom stereocenters. The molecule has 0 bridgehead atoms. The fourth-order valence-corrected chi connectivity index (χ4v) is 3.50. The van der Waals surface area contributed by atoms with E-state index in [1.165, 1.54) is 17.5 Å². The summed E-state index contributed by atoms with van der Waals surface area (Å²) in [6, 6.07) is 6.28. The SMILES string of the molecule is O=C(O)CC1(NC(=O)Cc2ccc3c(c2)CCC3)CCC1. The van der Waals surface area contributed by atoms with Crippen molar-refractivity contribution in [3.05, 3.63) is 34.9 Å². The Balaban J connectivity index is 1.62. The van der Waals surface area contributed by atoms with E-state index < -0.39 is 11.5 Å². The van der Waals surface area contributed by atoms with Crippen molar-refractivity contribution in [2.45, 2.75) is 56.9 Å². The van der Waals surface area contributed by atoms with Gasteiger partial charge in [-0.1, -0.05) is 18.2 Å². The Morgan fingerprint density at radius 1 is 1.14 bits per heavy atom. The predicted octanol–water partition coefficient (Wildman–Crippen LogP) is 2.23. The van der Waals surface area contributed by atoms with Crippen LogP contribution in [0, 0.1) is 0 Å². The van der Waals surface area contributed by atoms with Crippen LogP contribution in [0.1, 0.15) is 48.8 Å². The number of aliphatic carboxylic acids is 1. The van der Waals surface area contributed by atoms with Crippen LogP contribution in [0.3, 0.4) is 0 Å². The molecule has 2 aliphatic carbocycles. The van der Waals surface area contributed by atoms with Gasteiger partial charge in [0, 0.05) is 0 Å². The zero-order valence-electron chi connectivity index (χ0n) is 12.2. The van der Waals surface area contributed by atoms with Crippen LogP contribution in [0.5, 0.6) is 0 Å². The lowest BCUT2D eigenvalue weighted by Crippen LogP contribution is -2.55. The molecule has 0 aliphatic heterocycles. The number of amides is 1. The second-order valence-corrected chi connectivity index (χ2v) is 6.39. The molecule has 1 fully saturated rings. The maximum atomic E-state index is 12.2. The molecule has 2 aliphatic rings. The highest BCUT2D eigenvalue weighted by Crippen LogP contribution is 2.35. The molecule has 1 amide bonds. The highest BCUT2D eigenvalue weighted by molar-refractivity contribution is 5.80. The van der Waals surface area contributed by atoms with Gasteiger partial charge in [0.2, 0.25) is 5.91 Å². The number of rotatable bonds is 5. The molecule has 1 aromatic carbocycles. The first kappa shape index (κ1) is 14.1. The van der Waals surface area contributed by atoms with Gasteiger partial charge in [-0.25, -0.2) is 0 Å². The van der Waals surface area contributed by atoms with Gasteiger partial charge >= 0.3 is 5.97 Å². The first-order valence-electron chi connectivity index (χ1n) is 7.70. The van der Waals surface area contributed by atoms with Gasteiger partial charge in [0.15, 0.2) is 0 Å². The molecular weight excluding hydrogens is 266 g/mol. The minimum absolute atomic E-state index is 0.0307. The number of carboxylic acid groups (broad SMARTS) is 1. The zero-order valence-corrected chi connectivity index (χ0v) is 12.2. The fraction of sp³-hybridized carbons (Fsp3) is 0.529. The van der Waals surface area contributed by atoms with Crippen LogP contribution >= 0.6 is 0 Å². The van der Waals surface area contributed by atoms with E-state index >= 15 is 0 Å². The highest BCUT2D eigenvalue weighted by atomic mass is 16.4. The van der Waals surface area contributed by atoms with Gasteiger partial charge in [-0.15, -0.1) is 0 Å². The van der Waals surface area contributed by atoms with Crippen molar-refractivity contribution in [1.82, 2.24) is 5.32 Å². The third kappa shape index (κ3) is 3.09. The molecule has 0 heterocycles. The summed E-state index contributed by atoms with van der Waals surface area (Å²) in [5.41, 5.74) is 3.29. The molecule has 1 saturated carbocycles. The van der Waals surface area contributed by atoms with E-state index in [4.69, 9.17) is 5.11 Å². The number of hydrogen-bond acceptors (Lipinski definition) is 2. The Labute approximate surface area is 124 Å². The smallest absolute Gasteiger partial charge is 0.305 e. The van der Waals surface area contributed by atoms with Crippen LogP contribution in [0.4, 0.5) is 0 Å². The van der Waals surface area contributed by atoms with Gasteiger partial charge < -0.3 is 10.4 Å². The summed E-state index contributed by atoms with van der Waals surface area (Å²) < 4.78 is 0. The van der Waals surface area contributed by atoms with Gasteiger partial charge in [0.25, 0.3) is 0 Å². The first-order chi connectivity index (χ1) is 10.1. The molecular formula is C17H21NO3. The van der Waals surface area contributed by atoms with Crippen LogP contribution in [0.15, 0.2) is 18.2 Å². The Morgan fingerprint density at radius 3 is 2.57 bits per heavy atom. The minimum atomic E-state index is -0.840. The Kier molecular flexibility index (Phi) is 3.70. The summed E-state index contributed by atoms with van der Waals surface area (Å²) in [4.78, 5) is 23.1. The third-order valence-electron chi connectivity index (χ3n) is 4.73. The number of carbonyl (C=O) groups excluding carboxylic acids is 1. The Hall–Kier alpha value is -1.84. The lowest BCUT2D eigenvalue weighted by atomic mass is 9.74. The monoisotopic (exact) mass is 287 g/mol. The summed E-state index contributed by atoms with van der Waals surface area (Å²) in [6.07, 6.45) is 6.36. The highest BCUT2D eigenvalue weighted by Gasteiger charge is 2.40. The maximum absolute atomic E-state index is 12.2. The number of carboxylic acids is 1. The summed E-state index contributed by atoms with van der Waals surface area (Å²) in [5.74, 6) is -0.901. The van der Waals surface area contributed by atoms with Crippen LogP contribution < -0.4 is 5.32 Å². The molecule has 3 rings (SSSR count). The van der Waals surface area contributed by atoms with E-state index in [1.807, 2.05) is 6.07 Å². The van der Waals surface area contributed by atoms with Crippen molar-refractivity contribution in [2.75, 3.05) is 0 Å². The van der Waals surface area contributed by atoms with Crippen LogP contribution in [-0.2, 0) is 28.9 Å². The first-order valence-corrected chi connectivity index (χ1v) is 7.70. The Bertz CT molecular complexity index is 575. The average molecular weight is 287 g/mol. The molecule has 2 N–H and O–H groups in total. The molecule has 112 valence electrons. The minimum Gasteiger partial charge on any atom is -0.481 e. The van der Waals surface area contributed by atoms with Gasteiger partial charge in [0.1, 0.15) is 0 Å². The van der Waals surface area contributed by atoms with Crippen LogP contribution in [-0.4, -0.2) is 22.5 Å². The molecule has 0 radical (unpaired) electrons. The zero-order chi connectivity index (χ0) is 14.9. The molecule has 0 unspecified atom stereocenters. The lowest BCUT2D eigenvalue weighted by Gasteiger charge is -2.41. The molecule has 4 nitrogen and oxygen atoms in total. The van der Waals surface area contributed by atoms with Gasteiger partial charge in [-0.05, 0) is 55.2 Å². The number of hydrogen-bond donors (Lipinski definition) is 2. The molecule has 21 heavy (non-hydrogen) atoms. The molecule has 0 saturated heterocycles. The molecule has 1 aromatic rings. The van der Waals surface area contributed by atoms with E-state index in [2.05, 4.69) is 17.4 Å². The molecule has 4 heteroatoms. The standard InChI is InChI=1S/C17H21NO3/c19-15(18-17(7-2-8-17)11-16(20)21)10-12-5-6-13-3-1-4-14(13)9-12/h5-6,9H,1-4,7-8,10-11H2,(H,18,19)(H,20,21). The van der Waals surface area contributed by atoms with Crippen molar-refractivity contribution in [3.8, 4) is 0 Å². The summed E-state index contributed by atoms with van der Waals surface area (Å²) >= 11 is 0. The van der Waals surface area contributed by atoms with Crippen LogP contribution in [0.25, 0.3) is 0 Å². The summed E-state index contributed by atoms with van der Waals surface area (Å²) in [7, 11) is 0. The van der Waals surface area contributed by atoms with E-state index in [-0.39, 0.29) is 12.3 Å². The number of aryl methyl sites for hydroxylation is 2. The number of fused-ring (bicyclic) bond motifs is 1. The second-order valence-electron chi connectivity index (χ2n) is 6.39. The van der Waals surface area contributed by atoms with Crippen molar-refractivity contribution in [3.63, 3.8) is 0 Å². The fourth-order valence-electron chi connectivity index (χ4n) is 3.50. The van der Waals surface area contributed by atoms with Crippen molar-refractivity contribution >= 4 is 11.9 Å². The number of nitrogens with one attached hydrogen (secondary N) is 1. The Morgan fingerprint density at radius 2 is 1.90 bits per heavy atom. The lowest BCUT2D eigenvalue weighted by molar-refractivity contribution is -0.140. The van der Waals surface area contributed by atoms with Crippen molar-refractivity contribution in [1.29, 1.82) is 0 Å². The normalized spacial score (nSPS) is 18.7. The third-order valence-corrected chi connectivity index (χ3v) is 4.73. The summed E-state index contributed by atoms with van der Waals surface area (Å²) in [5, 5.41) is 11.9. The van der Waals surface area contributed by atoms with Gasteiger partial charge in [-0.2, -0.15) is 0 Å². The number of benzene rings is 1. The van der Waals surface area contributed by atoms with E-state index in [0.29, 0.717) is 6.42 Å². The molecule has 0 aromatic heterocycles. The topological polar surface area (TPSA) is 66.4 Å². The quantitative estimate of drug-likeness (QED) is 0.872. The van der Waals surface area contributed by atoms with Crippen LogP contribution in [0.2, 0.25) is 0 Å². The predicted molar refractivity (Wildman–Crippen MR) is 79.1 cm³/mol. The number of carbonyl (C=O) groups is 2. The summed E-state index contributed by atoms with van der Waals surface area (Å²) in [6.45, 7) is 0. The van der Waals surface area contributed by atoms with Crippen molar-refractivity contribution in [2.24, 2.45) is 0 Å². The maximum Gasteiger partial charge on any atom is 0.305 e.